The van der Waals surface area contributed by atoms with Gasteiger partial charge >= 0.3 is 0 Å². The maximum atomic E-state index is 13.2. The van der Waals surface area contributed by atoms with Crippen molar-refractivity contribution in [2.75, 3.05) is 33.1 Å². The van der Waals surface area contributed by atoms with E-state index in [0.29, 0.717) is 29.4 Å². The summed E-state index contributed by atoms with van der Waals surface area (Å²) in [4.78, 5) is 15.1. The molecule has 0 radical (unpaired) electrons. The van der Waals surface area contributed by atoms with Crippen LogP contribution in [0.25, 0.3) is 0 Å². The molecule has 7 heteroatoms. The minimum absolute atomic E-state index is 0.0743. The van der Waals surface area contributed by atoms with Gasteiger partial charge in [0.1, 0.15) is 0 Å². The summed E-state index contributed by atoms with van der Waals surface area (Å²) in [5, 5.41) is 0.147. The first-order valence-corrected chi connectivity index (χ1v) is 12.4. The van der Waals surface area contributed by atoms with Gasteiger partial charge in [0.15, 0.2) is 19.8 Å². The van der Waals surface area contributed by atoms with Crippen LogP contribution in [0.1, 0.15) is 44.0 Å². The van der Waals surface area contributed by atoms with Gasteiger partial charge in [-0.25, -0.2) is 0 Å². The number of benzene rings is 1. The summed E-state index contributed by atoms with van der Waals surface area (Å²) in [5.41, 5.74) is 6.98. The predicted octanol–water partition coefficient (Wildman–Crippen LogP) is 3.91. The number of hydrogen-bond donors (Lipinski definition) is 1. The van der Waals surface area contributed by atoms with Crippen molar-refractivity contribution in [3.05, 3.63) is 17.7 Å². The Labute approximate surface area is 164 Å². The van der Waals surface area contributed by atoms with E-state index in [0.717, 1.165) is 19.4 Å². The van der Waals surface area contributed by atoms with Gasteiger partial charge in [0.25, 0.3) is 5.91 Å². The van der Waals surface area contributed by atoms with Crippen molar-refractivity contribution in [2.45, 2.75) is 57.8 Å². The SMILES string of the molecule is COc1cc(N)c(C(=O)N2CCCC2CO[Si](C)(C)C(C)(C)C)cc1OC. The third-order valence-corrected chi connectivity index (χ3v) is 10.4. The quantitative estimate of drug-likeness (QED) is 0.585. The number of ether oxygens (including phenoxy) is 2. The number of nitrogens with zero attached hydrogens (tertiary/aromatic N) is 1. The smallest absolute Gasteiger partial charge is 0.256 e. The Morgan fingerprint density at radius 1 is 1.22 bits per heavy atom. The molecule has 0 spiro atoms. The molecule has 152 valence electrons. The summed E-state index contributed by atoms with van der Waals surface area (Å²) in [6, 6.07) is 3.39. The Balaban J connectivity index is 2.18. The summed E-state index contributed by atoms with van der Waals surface area (Å²) >= 11 is 0. The molecule has 2 rings (SSSR count). The largest absolute Gasteiger partial charge is 0.493 e. The number of anilines is 1. The molecule has 1 amide bonds. The predicted molar refractivity (Wildman–Crippen MR) is 111 cm³/mol. The molecule has 1 fully saturated rings. The van der Waals surface area contributed by atoms with Crippen LogP contribution < -0.4 is 15.2 Å². The number of hydrogen-bond acceptors (Lipinski definition) is 5. The van der Waals surface area contributed by atoms with Gasteiger partial charge in [-0.2, -0.15) is 0 Å². The minimum atomic E-state index is -1.85. The lowest BCUT2D eigenvalue weighted by atomic mass is 10.1. The molecule has 6 nitrogen and oxygen atoms in total. The van der Waals surface area contributed by atoms with Crippen LogP contribution in [0, 0.1) is 0 Å². The molecule has 1 aliphatic rings. The van der Waals surface area contributed by atoms with E-state index in [4.69, 9.17) is 19.6 Å². The van der Waals surface area contributed by atoms with Gasteiger partial charge in [0, 0.05) is 18.3 Å². The number of nitrogen functional groups attached to an aromatic ring is 1. The van der Waals surface area contributed by atoms with E-state index >= 15 is 0 Å². The fraction of sp³-hybridized carbons (Fsp3) is 0.650. The highest BCUT2D eigenvalue weighted by molar-refractivity contribution is 6.74. The molecule has 0 saturated carbocycles. The highest BCUT2D eigenvalue weighted by atomic mass is 28.4. The summed E-state index contributed by atoms with van der Waals surface area (Å²) in [6.45, 7) is 12.4. The van der Waals surface area contributed by atoms with Crippen LogP contribution in [0.15, 0.2) is 12.1 Å². The van der Waals surface area contributed by atoms with Crippen LogP contribution in [0.3, 0.4) is 0 Å². The second-order valence-corrected chi connectivity index (χ2v) is 13.5. The van der Waals surface area contributed by atoms with Gasteiger partial charge in [-0.15, -0.1) is 0 Å². The van der Waals surface area contributed by atoms with Crippen molar-refractivity contribution in [2.24, 2.45) is 0 Å². The fourth-order valence-corrected chi connectivity index (χ4v) is 4.07. The first-order chi connectivity index (χ1) is 12.5. The van der Waals surface area contributed by atoms with Gasteiger partial charge in [-0.3, -0.25) is 4.79 Å². The van der Waals surface area contributed by atoms with Gasteiger partial charge < -0.3 is 24.5 Å². The minimum Gasteiger partial charge on any atom is -0.493 e. The zero-order chi connectivity index (χ0) is 20.4. The Hall–Kier alpha value is -1.73. The van der Waals surface area contributed by atoms with Crippen LogP contribution in [0.4, 0.5) is 5.69 Å². The second kappa shape index (κ2) is 8.10. The van der Waals surface area contributed by atoms with Gasteiger partial charge in [0.2, 0.25) is 0 Å². The second-order valence-electron chi connectivity index (χ2n) is 8.66. The molecule has 0 bridgehead atoms. The van der Waals surface area contributed by atoms with E-state index in [2.05, 4.69) is 33.9 Å². The number of carbonyl (C=O) groups is 1. The lowest BCUT2D eigenvalue weighted by Gasteiger charge is -2.38. The number of methoxy groups -OCH3 is 2. The molecule has 1 aliphatic heterocycles. The van der Waals surface area contributed by atoms with Gasteiger partial charge in [0.05, 0.1) is 32.4 Å². The third kappa shape index (κ3) is 4.58. The summed E-state index contributed by atoms with van der Waals surface area (Å²) in [7, 11) is 1.25. The summed E-state index contributed by atoms with van der Waals surface area (Å²) < 4.78 is 17.0. The Morgan fingerprint density at radius 2 is 1.81 bits per heavy atom. The lowest BCUT2D eigenvalue weighted by Crippen LogP contribution is -2.46. The maximum absolute atomic E-state index is 13.2. The summed E-state index contributed by atoms with van der Waals surface area (Å²) in [6.07, 6.45) is 1.93. The van der Waals surface area contributed by atoms with Crippen LogP contribution in [0.5, 0.6) is 11.5 Å². The highest BCUT2D eigenvalue weighted by Crippen LogP contribution is 2.37. The standard InChI is InChI=1S/C20H34N2O4Si/c1-20(2,3)27(6,7)26-13-14-9-8-10-22(14)19(23)15-11-17(24-4)18(25-5)12-16(15)21/h11-12,14H,8-10,13,21H2,1-7H3. The molecule has 1 heterocycles. The third-order valence-electron chi connectivity index (χ3n) is 5.87. The number of likely N-dealkylation sites (tertiary alicyclic amines) is 1. The molecule has 1 saturated heterocycles. The highest BCUT2D eigenvalue weighted by Gasteiger charge is 2.39. The zero-order valence-corrected chi connectivity index (χ0v) is 18.7. The van der Waals surface area contributed by atoms with Gasteiger partial charge in [-0.05, 0) is 37.0 Å². The van der Waals surface area contributed by atoms with Crippen molar-refractivity contribution in [3.8, 4) is 11.5 Å². The van der Waals surface area contributed by atoms with E-state index in [-0.39, 0.29) is 17.0 Å². The average molecular weight is 395 g/mol. The molecule has 1 unspecified atom stereocenters. The topological polar surface area (TPSA) is 74.0 Å². The average Bonchev–Trinajstić information content (AvgIpc) is 3.06. The number of carbonyl (C=O) groups excluding carboxylic acids is 1. The van der Waals surface area contributed by atoms with Crippen molar-refractivity contribution >= 4 is 19.9 Å². The molecule has 1 atom stereocenters. The lowest BCUT2D eigenvalue weighted by molar-refractivity contribution is 0.0684. The van der Waals surface area contributed by atoms with Crippen LogP contribution in [0.2, 0.25) is 18.1 Å². The number of amides is 1. The molecular weight excluding hydrogens is 360 g/mol. The normalized spacial score (nSPS) is 17.9. The zero-order valence-electron chi connectivity index (χ0n) is 17.7. The van der Waals surface area contributed by atoms with E-state index in [1.807, 2.05) is 4.90 Å². The maximum Gasteiger partial charge on any atom is 0.256 e. The summed E-state index contributed by atoms with van der Waals surface area (Å²) in [5.74, 6) is 0.948. The first kappa shape index (κ1) is 21.6. The van der Waals surface area contributed by atoms with E-state index in [1.165, 1.54) is 0 Å². The Morgan fingerprint density at radius 3 is 2.37 bits per heavy atom. The van der Waals surface area contributed by atoms with E-state index in [9.17, 15) is 4.79 Å². The van der Waals surface area contributed by atoms with Crippen molar-refractivity contribution < 1.29 is 18.7 Å². The van der Waals surface area contributed by atoms with Crippen LogP contribution >= 0.6 is 0 Å². The van der Waals surface area contributed by atoms with Crippen LogP contribution in [-0.4, -0.2) is 52.5 Å². The number of nitrogens with two attached hydrogens (primary N) is 1. The first-order valence-electron chi connectivity index (χ1n) is 9.48. The molecule has 0 aromatic heterocycles. The van der Waals surface area contributed by atoms with Crippen molar-refractivity contribution in [1.29, 1.82) is 0 Å². The molecule has 0 aliphatic carbocycles. The molecular formula is C20H34N2O4Si. The van der Waals surface area contributed by atoms with Gasteiger partial charge in [-0.1, -0.05) is 20.8 Å². The fourth-order valence-electron chi connectivity index (χ4n) is 3.03. The molecule has 27 heavy (non-hydrogen) atoms. The molecule has 1 aromatic carbocycles. The number of rotatable bonds is 6. The Kier molecular flexibility index (Phi) is 6.47. The van der Waals surface area contributed by atoms with Crippen molar-refractivity contribution in [1.82, 2.24) is 4.90 Å². The van der Waals surface area contributed by atoms with E-state index < -0.39 is 8.32 Å². The monoisotopic (exact) mass is 394 g/mol. The molecule has 1 aromatic rings. The van der Waals surface area contributed by atoms with Crippen molar-refractivity contribution in [3.63, 3.8) is 0 Å². The van der Waals surface area contributed by atoms with Crippen LogP contribution in [-0.2, 0) is 4.43 Å². The van der Waals surface area contributed by atoms with E-state index in [1.54, 1.807) is 26.4 Å². The Bertz CT molecular complexity index is 685. The molecule has 2 N–H and O–H groups in total.